The van der Waals surface area contributed by atoms with Gasteiger partial charge < -0.3 is 0 Å². The maximum absolute atomic E-state index is 9.50. The third kappa shape index (κ3) is 4.45. The normalized spacial score (nSPS) is 27.9. The van der Waals surface area contributed by atoms with Crippen LogP contribution in [0.3, 0.4) is 0 Å². The lowest BCUT2D eigenvalue weighted by Crippen LogP contribution is -2.47. The molecule has 0 N–H and O–H groups in total. The van der Waals surface area contributed by atoms with Crippen molar-refractivity contribution < 1.29 is 0 Å². The third-order valence-electron chi connectivity index (χ3n) is 5.60. The van der Waals surface area contributed by atoms with E-state index in [2.05, 4.69) is 44.7 Å². The maximum atomic E-state index is 9.50. The Morgan fingerprint density at radius 3 is 2.38 bits per heavy atom. The molecule has 0 aliphatic heterocycles. The summed E-state index contributed by atoms with van der Waals surface area (Å²) in [6.45, 7) is 12.8. The van der Waals surface area contributed by atoms with Crippen molar-refractivity contribution in [2.24, 2.45) is 23.2 Å². The van der Waals surface area contributed by atoms with Crippen molar-refractivity contribution in [1.29, 1.82) is 10.5 Å². The number of hydrogen-bond acceptors (Lipinski definition) is 3. The van der Waals surface area contributed by atoms with E-state index in [9.17, 15) is 5.26 Å². The second-order valence-corrected chi connectivity index (χ2v) is 7.27. The number of nitriles is 2. The average molecular weight is 289 g/mol. The van der Waals surface area contributed by atoms with Crippen molar-refractivity contribution in [2.45, 2.75) is 66.3 Å². The monoisotopic (exact) mass is 289 g/mol. The summed E-state index contributed by atoms with van der Waals surface area (Å²) in [7, 11) is 0. The van der Waals surface area contributed by atoms with Gasteiger partial charge in [-0.2, -0.15) is 10.5 Å². The van der Waals surface area contributed by atoms with Gasteiger partial charge in [-0.3, -0.25) is 4.90 Å². The lowest BCUT2D eigenvalue weighted by atomic mass is 9.66. The zero-order chi connectivity index (χ0) is 16.0. The number of hydrogen-bond donors (Lipinski definition) is 0. The lowest BCUT2D eigenvalue weighted by molar-refractivity contribution is 0.0505. The minimum atomic E-state index is 0.0313. The van der Waals surface area contributed by atoms with Gasteiger partial charge >= 0.3 is 0 Å². The van der Waals surface area contributed by atoms with Crippen molar-refractivity contribution in [2.75, 3.05) is 13.1 Å². The fourth-order valence-electron chi connectivity index (χ4n) is 3.59. The quantitative estimate of drug-likeness (QED) is 0.736. The second kappa shape index (κ2) is 7.81. The molecule has 1 rings (SSSR count). The van der Waals surface area contributed by atoms with Crippen molar-refractivity contribution >= 4 is 0 Å². The standard InChI is InChI=1S/C18H31N3/c1-6-18(4,5)16-9-8-15(12-20)17(10-16)21(7-2)13-14(3)11-19/h14-17H,6-10,13H2,1-5H3. The van der Waals surface area contributed by atoms with Gasteiger partial charge in [0.25, 0.3) is 0 Å². The molecule has 0 aromatic rings. The first-order valence-electron chi connectivity index (χ1n) is 8.42. The van der Waals surface area contributed by atoms with Crippen LogP contribution in [0.1, 0.15) is 60.3 Å². The summed E-state index contributed by atoms with van der Waals surface area (Å²) in [6.07, 6.45) is 4.46. The highest BCUT2D eigenvalue weighted by Gasteiger charge is 2.39. The average Bonchev–Trinajstić information content (AvgIpc) is 2.51. The first kappa shape index (κ1) is 18.0. The first-order chi connectivity index (χ1) is 9.89. The lowest BCUT2D eigenvalue weighted by Gasteiger charge is -2.45. The van der Waals surface area contributed by atoms with Crippen LogP contribution in [0.2, 0.25) is 0 Å². The molecule has 1 saturated carbocycles. The predicted molar refractivity (Wildman–Crippen MR) is 86.3 cm³/mol. The summed E-state index contributed by atoms with van der Waals surface area (Å²) in [6, 6.07) is 5.17. The molecule has 3 nitrogen and oxygen atoms in total. The molecule has 1 aliphatic carbocycles. The van der Waals surface area contributed by atoms with Gasteiger partial charge in [-0.1, -0.05) is 34.1 Å². The van der Waals surface area contributed by atoms with Crippen LogP contribution in [0, 0.1) is 45.8 Å². The predicted octanol–water partition coefficient (Wildman–Crippen LogP) is 4.21. The van der Waals surface area contributed by atoms with Crippen molar-refractivity contribution in [3.63, 3.8) is 0 Å². The molecule has 1 aliphatic rings. The first-order valence-corrected chi connectivity index (χ1v) is 8.42. The molecule has 0 bridgehead atoms. The molecule has 0 saturated heterocycles. The molecule has 4 unspecified atom stereocenters. The molecule has 0 amide bonds. The molecule has 3 heteroatoms. The molecule has 0 heterocycles. The van der Waals surface area contributed by atoms with Crippen LogP contribution in [0.5, 0.6) is 0 Å². The minimum absolute atomic E-state index is 0.0313. The zero-order valence-corrected chi connectivity index (χ0v) is 14.4. The van der Waals surface area contributed by atoms with Crippen LogP contribution in [0.25, 0.3) is 0 Å². The Hall–Kier alpha value is -1.06. The van der Waals surface area contributed by atoms with Gasteiger partial charge in [-0.05, 0) is 44.1 Å². The van der Waals surface area contributed by atoms with Gasteiger partial charge in [0, 0.05) is 12.6 Å². The summed E-state index contributed by atoms with van der Waals surface area (Å²) in [5, 5.41) is 18.6. The SMILES string of the molecule is CCN(CC(C)C#N)C1CC(C(C)(C)CC)CCC1C#N. The Balaban J connectivity index is 2.88. The van der Waals surface area contributed by atoms with Crippen LogP contribution in [0.15, 0.2) is 0 Å². The summed E-state index contributed by atoms with van der Waals surface area (Å²) >= 11 is 0. The smallest absolute Gasteiger partial charge is 0.0672 e. The largest absolute Gasteiger partial charge is 0.298 e. The van der Waals surface area contributed by atoms with E-state index in [1.165, 1.54) is 12.8 Å². The Labute approximate surface area is 130 Å². The fraction of sp³-hybridized carbons (Fsp3) is 0.889. The highest BCUT2D eigenvalue weighted by atomic mass is 15.2. The Morgan fingerprint density at radius 1 is 1.24 bits per heavy atom. The van der Waals surface area contributed by atoms with Crippen LogP contribution >= 0.6 is 0 Å². The zero-order valence-electron chi connectivity index (χ0n) is 14.4. The highest BCUT2D eigenvalue weighted by molar-refractivity contribution is 5.00. The molecular formula is C18H31N3. The summed E-state index contributed by atoms with van der Waals surface area (Å²) in [4.78, 5) is 2.37. The molecular weight excluding hydrogens is 258 g/mol. The third-order valence-corrected chi connectivity index (χ3v) is 5.60. The van der Waals surface area contributed by atoms with E-state index in [1.54, 1.807) is 0 Å². The maximum Gasteiger partial charge on any atom is 0.0672 e. The molecule has 1 fully saturated rings. The van der Waals surface area contributed by atoms with E-state index in [0.29, 0.717) is 17.4 Å². The van der Waals surface area contributed by atoms with E-state index in [-0.39, 0.29) is 11.8 Å². The summed E-state index contributed by atoms with van der Waals surface area (Å²) in [5.74, 6) is 0.840. The van der Waals surface area contributed by atoms with Gasteiger partial charge in [0.2, 0.25) is 0 Å². The number of nitrogens with zero attached hydrogens (tertiary/aromatic N) is 3. The highest BCUT2D eigenvalue weighted by Crippen LogP contribution is 2.43. The van der Waals surface area contributed by atoms with Crippen molar-refractivity contribution in [3.8, 4) is 12.1 Å². The van der Waals surface area contributed by atoms with Gasteiger partial charge in [-0.15, -0.1) is 0 Å². The summed E-state index contributed by atoms with van der Waals surface area (Å²) < 4.78 is 0. The second-order valence-electron chi connectivity index (χ2n) is 7.27. The van der Waals surface area contributed by atoms with Crippen LogP contribution in [-0.4, -0.2) is 24.0 Å². The van der Waals surface area contributed by atoms with Crippen LogP contribution in [-0.2, 0) is 0 Å². The van der Waals surface area contributed by atoms with E-state index in [4.69, 9.17) is 5.26 Å². The van der Waals surface area contributed by atoms with Gasteiger partial charge in [0.1, 0.15) is 0 Å². The molecule has 118 valence electrons. The van der Waals surface area contributed by atoms with Gasteiger partial charge in [0.15, 0.2) is 0 Å². The summed E-state index contributed by atoms with van der Waals surface area (Å²) in [5.41, 5.74) is 0.346. The number of rotatable bonds is 6. The Morgan fingerprint density at radius 2 is 1.90 bits per heavy atom. The Kier molecular flexibility index (Phi) is 6.69. The van der Waals surface area contributed by atoms with Gasteiger partial charge in [-0.25, -0.2) is 0 Å². The van der Waals surface area contributed by atoms with Gasteiger partial charge in [0.05, 0.1) is 24.0 Å². The minimum Gasteiger partial charge on any atom is -0.298 e. The fourth-order valence-corrected chi connectivity index (χ4v) is 3.59. The molecule has 0 spiro atoms. The van der Waals surface area contributed by atoms with E-state index < -0.39 is 0 Å². The Bertz CT molecular complexity index is 402. The molecule has 4 atom stereocenters. The van der Waals surface area contributed by atoms with Crippen molar-refractivity contribution in [3.05, 3.63) is 0 Å². The molecule has 0 radical (unpaired) electrons. The van der Waals surface area contributed by atoms with E-state index >= 15 is 0 Å². The molecule has 21 heavy (non-hydrogen) atoms. The van der Waals surface area contributed by atoms with Crippen molar-refractivity contribution in [1.82, 2.24) is 4.90 Å². The van der Waals surface area contributed by atoms with E-state index in [0.717, 1.165) is 25.9 Å². The topological polar surface area (TPSA) is 50.8 Å². The van der Waals surface area contributed by atoms with E-state index in [1.807, 2.05) is 6.92 Å². The van der Waals surface area contributed by atoms with Crippen LogP contribution in [0.4, 0.5) is 0 Å². The van der Waals surface area contributed by atoms with Crippen LogP contribution < -0.4 is 0 Å². The molecule has 0 aromatic heterocycles. The molecule has 0 aromatic carbocycles.